The minimum Gasteiger partial charge on any atom is -0.349 e. The lowest BCUT2D eigenvalue weighted by molar-refractivity contribution is 0.0946. The molecule has 1 atom stereocenters. The van der Waals surface area contributed by atoms with Crippen molar-refractivity contribution in [3.8, 4) is 0 Å². The first-order chi connectivity index (χ1) is 8.65. The van der Waals surface area contributed by atoms with Crippen molar-refractivity contribution in [2.75, 3.05) is 13.1 Å². The van der Waals surface area contributed by atoms with E-state index in [9.17, 15) is 4.79 Å². The van der Waals surface area contributed by atoms with Crippen LogP contribution in [0.5, 0.6) is 0 Å². The lowest BCUT2D eigenvalue weighted by Crippen LogP contribution is -2.37. The minimum atomic E-state index is -0.0463. The summed E-state index contributed by atoms with van der Waals surface area (Å²) in [5, 5.41) is 9.22. The van der Waals surface area contributed by atoms with Crippen LogP contribution in [0.4, 0.5) is 0 Å². The topological polar surface area (TPSA) is 54.0 Å². The zero-order valence-corrected chi connectivity index (χ0v) is 11.8. The summed E-state index contributed by atoms with van der Waals surface area (Å²) < 4.78 is 0. The van der Waals surface area contributed by atoms with E-state index >= 15 is 0 Å². The van der Waals surface area contributed by atoms with Gasteiger partial charge < -0.3 is 10.6 Å². The van der Waals surface area contributed by atoms with Crippen LogP contribution in [0.3, 0.4) is 0 Å². The molecular formula is C13H21N3OS. The SMILES string of the molecule is CC(C)Cc1nc(C(=O)NCC2CCCN2)cs1. The molecule has 0 aliphatic carbocycles. The predicted molar refractivity (Wildman–Crippen MR) is 74.0 cm³/mol. The zero-order chi connectivity index (χ0) is 13.0. The van der Waals surface area contributed by atoms with E-state index in [1.807, 2.05) is 5.38 Å². The summed E-state index contributed by atoms with van der Waals surface area (Å²) in [6, 6.07) is 0.433. The Bertz CT molecular complexity index is 397. The van der Waals surface area contributed by atoms with Gasteiger partial charge in [0.2, 0.25) is 0 Å². The molecule has 1 aromatic rings. The molecule has 0 radical (unpaired) electrons. The molecule has 0 aromatic carbocycles. The third kappa shape index (κ3) is 3.78. The van der Waals surface area contributed by atoms with Crippen molar-refractivity contribution in [1.82, 2.24) is 15.6 Å². The Balaban J connectivity index is 1.82. The molecular weight excluding hydrogens is 246 g/mol. The van der Waals surface area contributed by atoms with E-state index in [2.05, 4.69) is 29.5 Å². The van der Waals surface area contributed by atoms with Gasteiger partial charge in [-0.2, -0.15) is 0 Å². The molecule has 0 spiro atoms. The lowest BCUT2D eigenvalue weighted by atomic mass is 10.1. The highest BCUT2D eigenvalue weighted by Gasteiger charge is 2.16. The molecule has 1 amide bonds. The van der Waals surface area contributed by atoms with Crippen LogP contribution >= 0.6 is 11.3 Å². The summed E-state index contributed by atoms with van der Waals surface area (Å²) in [7, 11) is 0. The van der Waals surface area contributed by atoms with Crippen LogP contribution in [-0.4, -0.2) is 30.0 Å². The minimum absolute atomic E-state index is 0.0463. The number of hydrogen-bond donors (Lipinski definition) is 2. The van der Waals surface area contributed by atoms with Crippen LogP contribution in [0.15, 0.2) is 5.38 Å². The highest BCUT2D eigenvalue weighted by molar-refractivity contribution is 7.09. The molecule has 0 saturated carbocycles. The number of carbonyl (C=O) groups excluding carboxylic acids is 1. The Morgan fingerprint density at radius 1 is 1.67 bits per heavy atom. The van der Waals surface area contributed by atoms with Gasteiger partial charge in [0.25, 0.3) is 5.91 Å². The molecule has 0 bridgehead atoms. The van der Waals surface area contributed by atoms with Crippen molar-refractivity contribution in [1.29, 1.82) is 0 Å². The normalized spacial score (nSPS) is 19.4. The summed E-state index contributed by atoms with van der Waals surface area (Å²) >= 11 is 1.58. The molecule has 18 heavy (non-hydrogen) atoms. The van der Waals surface area contributed by atoms with Crippen molar-refractivity contribution in [3.05, 3.63) is 16.1 Å². The number of aromatic nitrogens is 1. The summed E-state index contributed by atoms with van der Waals surface area (Å²) in [6.45, 7) is 6.09. The quantitative estimate of drug-likeness (QED) is 0.855. The van der Waals surface area contributed by atoms with Gasteiger partial charge >= 0.3 is 0 Å². The summed E-state index contributed by atoms with van der Waals surface area (Å²) in [5.41, 5.74) is 0.564. The lowest BCUT2D eigenvalue weighted by Gasteiger charge is -2.10. The Morgan fingerprint density at radius 3 is 3.17 bits per heavy atom. The van der Waals surface area contributed by atoms with Crippen molar-refractivity contribution < 1.29 is 4.79 Å². The number of amides is 1. The first-order valence-corrected chi connectivity index (χ1v) is 7.49. The molecule has 1 fully saturated rings. The highest BCUT2D eigenvalue weighted by Crippen LogP contribution is 2.14. The van der Waals surface area contributed by atoms with E-state index in [0.717, 1.165) is 24.4 Å². The molecule has 4 nitrogen and oxygen atoms in total. The van der Waals surface area contributed by atoms with Crippen LogP contribution in [0.2, 0.25) is 0 Å². The molecule has 1 aliphatic heterocycles. The number of nitrogens with one attached hydrogen (secondary N) is 2. The van der Waals surface area contributed by atoms with Gasteiger partial charge in [-0.15, -0.1) is 11.3 Å². The fraction of sp³-hybridized carbons (Fsp3) is 0.692. The molecule has 2 heterocycles. The van der Waals surface area contributed by atoms with Gasteiger partial charge in [-0.25, -0.2) is 4.98 Å². The third-order valence-corrected chi connectivity index (χ3v) is 3.91. The van der Waals surface area contributed by atoms with Gasteiger partial charge in [-0.05, 0) is 25.3 Å². The Labute approximate surface area is 112 Å². The van der Waals surface area contributed by atoms with E-state index in [1.165, 1.54) is 6.42 Å². The number of thiazole rings is 1. The van der Waals surface area contributed by atoms with Gasteiger partial charge in [0.05, 0.1) is 5.01 Å². The van der Waals surface area contributed by atoms with Crippen LogP contribution in [0.1, 0.15) is 42.2 Å². The third-order valence-electron chi connectivity index (χ3n) is 3.04. The van der Waals surface area contributed by atoms with Crippen LogP contribution < -0.4 is 10.6 Å². The maximum absolute atomic E-state index is 11.9. The molecule has 1 saturated heterocycles. The smallest absolute Gasteiger partial charge is 0.270 e. The van der Waals surface area contributed by atoms with E-state index < -0.39 is 0 Å². The van der Waals surface area contributed by atoms with E-state index in [4.69, 9.17) is 0 Å². The molecule has 2 rings (SSSR count). The van der Waals surface area contributed by atoms with Gasteiger partial charge in [0, 0.05) is 24.4 Å². The summed E-state index contributed by atoms with van der Waals surface area (Å²) in [5.74, 6) is 0.532. The number of rotatable bonds is 5. The van der Waals surface area contributed by atoms with Gasteiger partial charge in [-0.3, -0.25) is 4.79 Å². The van der Waals surface area contributed by atoms with Crippen LogP contribution in [0.25, 0.3) is 0 Å². The van der Waals surface area contributed by atoms with Crippen molar-refractivity contribution >= 4 is 17.2 Å². The number of hydrogen-bond acceptors (Lipinski definition) is 4. The molecule has 1 unspecified atom stereocenters. The van der Waals surface area contributed by atoms with Gasteiger partial charge in [-0.1, -0.05) is 13.8 Å². The zero-order valence-electron chi connectivity index (χ0n) is 11.0. The van der Waals surface area contributed by atoms with Gasteiger partial charge in [0.1, 0.15) is 5.69 Å². The van der Waals surface area contributed by atoms with Gasteiger partial charge in [0.15, 0.2) is 0 Å². The molecule has 5 heteroatoms. The second-order valence-electron chi connectivity index (χ2n) is 5.23. The van der Waals surface area contributed by atoms with E-state index in [1.54, 1.807) is 11.3 Å². The molecule has 1 aliphatic rings. The predicted octanol–water partition coefficient (Wildman–Crippen LogP) is 1.82. The Hall–Kier alpha value is -0.940. The standard InChI is InChI=1S/C13H21N3OS/c1-9(2)6-12-16-11(8-18-12)13(17)15-7-10-4-3-5-14-10/h8-10,14H,3-7H2,1-2H3,(H,15,17). The Kier molecular flexibility index (Phi) is 4.72. The largest absolute Gasteiger partial charge is 0.349 e. The van der Waals surface area contributed by atoms with E-state index in [0.29, 0.717) is 24.2 Å². The van der Waals surface area contributed by atoms with Crippen LogP contribution in [0, 0.1) is 5.92 Å². The highest BCUT2D eigenvalue weighted by atomic mass is 32.1. The van der Waals surface area contributed by atoms with Crippen molar-refractivity contribution in [2.24, 2.45) is 5.92 Å². The maximum atomic E-state index is 11.9. The second kappa shape index (κ2) is 6.29. The molecule has 2 N–H and O–H groups in total. The number of nitrogens with zero attached hydrogens (tertiary/aromatic N) is 1. The number of carbonyl (C=O) groups is 1. The second-order valence-corrected chi connectivity index (χ2v) is 6.17. The first-order valence-electron chi connectivity index (χ1n) is 6.61. The molecule has 1 aromatic heterocycles. The van der Waals surface area contributed by atoms with E-state index in [-0.39, 0.29) is 5.91 Å². The van der Waals surface area contributed by atoms with Crippen molar-refractivity contribution in [2.45, 2.75) is 39.2 Å². The summed E-state index contributed by atoms with van der Waals surface area (Å²) in [6.07, 6.45) is 3.30. The fourth-order valence-corrected chi connectivity index (χ4v) is 3.08. The summed E-state index contributed by atoms with van der Waals surface area (Å²) in [4.78, 5) is 16.3. The molecule has 100 valence electrons. The van der Waals surface area contributed by atoms with Crippen molar-refractivity contribution in [3.63, 3.8) is 0 Å². The average molecular weight is 267 g/mol. The fourth-order valence-electron chi connectivity index (χ4n) is 2.10. The maximum Gasteiger partial charge on any atom is 0.270 e. The first kappa shape index (κ1) is 13.5. The average Bonchev–Trinajstić information content (AvgIpc) is 2.95. The van der Waals surface area contributed by atoms with Crippen LogP contribution in [-0.2, 0) is 6.42 Å². The monoisotopic (exact) mass is 267 g/mol. The Morgan fingerprint density at radius 2 is 2.50 bits per heavy atom.